The number of ether oxygens (including phenoxy) is 2. The molecular weight excluding hydrogens is 354 g/mol. The zero-order valence-corrected chi connectivity index (χ0v) is 13.6. The molecular formula is C15H18BrNO5. The average molecular weight is 372 g/mol. The zero-order chi connectivity index (χ0) is 15.9. The number of fused-ring (bicyclic) bond motifs is 1. The third-order valence-electron chi connectivity index (χ3n) is 3.21. The van der Waals surface area contributed by atoms with Gasteiger partial charge in [-0.3, -0.25) is 9.59 Å². The fourth-order valence-electron chi connectivity index (χ4n) is 2.12. The summed E-state index contributed by atoms with van der Waals surface area (Å²) in [6.07, 6.45) is 2.33. The van der Waals surface area contributed by atoms with E-state index in [0.29, 0.717) is 47.7 Å². The van der Waals surface area contributed by atoms with Gasteiger partial charge < -0.3 is 19.9 Å². The van der Waals surface area contributed by atoms with Crippen LogP contribution >= 0.6 is 15.9 Å². The summed E-state index contributed by atoms with van der Waals surface area (Å²) in [7, 11) is 0. The van der Waals surface area contributed by atoms with Gasteiger partial charge in [-0.25, -0.2) is 0 Å². The predicted octanol–water partition coefficient (Wildman–Crippen LogP) is 2.60. The Morgan fingerprint density at radius 2 is 1.95 bits per heavy atom. The Morgan fingerprint density at radius 3 is 2.73 bits per heavy atom. The summed E-state index contributed by atoms with van der Waals surface area (Å²) in [6, 6.07) is 3.37. The molecule has 1 amide bonds. The molecule has 0 saturated carbocycles. The van der Waals surface area contributed by atoms with Gasteiger partial charge in [0.15, 0.2) is 11.5 Å². The predicted molar refractivity (Wildman–Crippen MR) is 83.6 cm³/mol. The van der Waals surface area contributed by atoms with Crippen LogP contribution in [0.5, 0.6) is 11.5 Å². The summed E-state index contributed by atoms with van der Waals surface area (Å²) in [5.41, 5.74) is 0.502. The number of carboxylic acid groups (broad SMARTS) is 1. The normalized spacial score (nSPS) is 12.8. The maximum Gasteiger partial charge on any atom is 0.303 e. The Morgan fingerprint density at radius 1 is 1.18 bits per heavy atom. The minimum Gasteiger partial charge on any atom is -0.486 e. The summed E-state index contributed by atoms with van der Waals surface area (Å²) >= 11 is 3.38. The number of rotatable bonds is 7. The highest BCUT2D eigenvalue weighted by molar-refractivity contribution is 9.10. The molecule has 0 radical (unpaired) electrons. The van der Waals surface area contributed by atoms with Crippen molar-refractivity contribution < 1.29 is 24.2 Å². The van der Waals surface area contributed by atoms with E-state index in [1.807, 2.05) is 0 Å². The van der Waals surface area contributed by atoms with Gasteiger partial charge in [0, 0.05) is 18.5 Å². The molecule has 120 valence electrons. The van der Waals surface area contributed by atoms with Crippen LogP contribution in [0, 0.1) is 0 Å². The van der Waals surface area contributed by atoms with Crippen LogP contribution in [0.1, 0.15) is 36.0 Å². The van der Waals surface area contributed by atoms with E-state index < -0.39 is 5.97 Å². The summed E-state index contributed by atoms with van der Waals surface area (Å²) in [5.74, 6) is 0.213. The van der Waals surface area contributed by atoms with Gasteiger partial charge in [0.25, 0.3) is 5.91 Å². The fraction of sp³-hybridized carbons (Fsp3) is 0.467. The molecule has 0 aromatic heterocycles. The Labute approximate surface area is 136 Å². The SMILES string of the molecule is O=C(O)CCCCCNC(=O)c1cc(Br)c2c(c1)OCCO2. The molecule has 22 heavy (non-hydrogen) atoms. The number of hydrogen-bond acceptors (Lipinski definition) is 4. The zero-order valence-electron chi connectivity index (χ0n) is 12.1. The van der Waals surface area contributed by atoms with E-state index in [9.17, 15) is 9.59 Å². The lowest BCUT2D eigenvalue weighted by atomic mass is 10.1. The Hall–Kier alpha value is -1.76. The summed E-state index contributed by atoms with van der Waals surface area (Å²) in [5, 5.41) is 11.4. The van der Waals surface area contributed by atoms with E-state index in [0.717, 1.165) is 12.8 Å². The lowest BCUT2D eigenvalue weighted by molar-refractivity contribution is -0.137. The van der Waals surface area contributed by atoms with Gasteiger partial charge >= 0.3 is 5.97 Å². The van der Waals surface area contributed by atoms with E-state index >= 15 is 0 Å². The Kier molecular flexibility index (Phi) is 6.06. The summed E-state index contributed by atoms with van der Waals surface area (Å²) < 4.78 is 11.7. The van der Waals surface area contributed by atoms with Crippen LogP contribution in [0.4, 0.5) is 0 Å². The first-order valence-electron chi connectivity index (χ1n) is 7.17. The molecule has 0 bridgehead atoms. The molecule has 0 atom stereocenters. The van der Waals surface area contributed by atoms with Crippen molar-refractivity contribution in [2.45, 2.75) is 25.7 Å². The second-order valence-electron chi connectivity index (χ2n) is 4.94. The van der Waals surface area contributed by atoms with Crippen LogP contribution in [0.25, 0.3) is 0 Å². The standard InChI is InChI=1S/C15H18BrNO5/c16-11-8-10(9-12-14(11)22-7-6-21-12)15(20)17-5-3-1-2-4-13(18)19/h8-9H,1-7H2,(H,17,20)(H,18,19). The first-order chi connectivity index (χ1) is 10.6. The van der Waals surface area contributed by atoms with E-state index in [1.54, 1.807) is 12.1 Å². The first-order valence-corrected chi connectivity index (χ1v) is 7.96. The van der Waals surface area contributed by atoms with E-state index in [1.165, 1.54) is 0 Å². The number of carbonyl (C=O) groups excluding carboxylic acids is 1. The monoisotopic (exact) mass is 371 g/mol. The highest BCUT2D eigenvalue weighted by atomic mass is 79.9. The average Bonchev–Trinajstić information content (AvgIpc) is 2.50. The highest BCUT2D eigenvalue weighted by Crippen LogP contribution is 2.38. The number of aliphatic carboxylic acids is 1. The molecule has 2 rings (SSSR count). The van der Waals surface area contributed by atoms with Crippen LogP contribution in [0.15, 0.2) is 16.6 Å². The number of unbranched alkanes of at least 4 members (excludes halogenated alkanes) is 2. The van der Waals surface area contributed by atoms with Crippen LogP contribution in [-0.4, -0.2) is 36.7 Å². The molecule has 1 aromatic rings. The van der Waals surface area contributed by atoms with E-state index in [2.05, 4.69) is 21.2 Å². The molecule has 1 aliphatic heterocycles. The molecule has 6 nitrogen and oxygen atoms in total. The molecule has 1 heterocycles. The molecule has 7 heteroatoms. The van der Waals surface area contributed by atoms with Gasteiger partial charge in [-0.1, -0.05) is 6.42 Å². The largest absolute Gasteiger partial charge is 0.486 e. The maximum atomic E-state index is 12.1. The van der Waals surface area contributed by atoms with Crippen LogP contribution in [0.2, 0.25) is 0 Å². The quantitative estimate of drug-likeness (QED) is 0.719. The number of benzene rings is 1. The van der Waals surface area contributed by atoms with Gasteiger partial charge in [0.05, 0.1) is 4.47 Å². The molecule has 1 aliphatic rings. The van der Waals surface area contributed by atoms with Crippen LogP contribution < -0.4 is 14.8 Å². The fourth-order valence-corrected chi connectivity index (χ4v) is 2.68. The van der Waals surface area contributed by atoms with Crippen LogP contribution in [-0.2, 0) is 4.79 Å². The molecule has 0 fully saturated rings. The third-order valence-corrected chi connectivity index (χ3v) is 3.80. The molecule has 0 unspecified atom stereocenters. The lowest BCUT2D eigenvalue weighted by Crippen LogP contribution is -2.25. The number of amides is 1. The third kappa shape index (κ3) is 4.62. The summed E-state index contributed by atoms with van der Waals surface area (Å²) in [6.45, 7) is 1.48. The van der Waals surface area contributed by atoms with Crippen molar-refractivity contribution in [3.05, 3.63) is 22.2 Å². The van der Waals surface area contributed by atoms with Gasteiger partial charge in [-0.2, -0.15) is 0 Å². The molecule has 0 saturated heterocycles. The van der Waals surface area contributed by atoms with Gasteiger partial charge in [0.2, 0.25) is 0 Å². The van der Waals surface area contributed by atoms with Crippen molar-refractivity contribution in [2.24, 2.45) is 0 Å². The lowest BCUT2D eigenvalue weighted by Gasteiger charge is -2.20. The molecule has 0 aliphatic carbocycles. The maximum absolute atomic E-state index is 12.1. The number of hydrogen-bond donors (Lipinski definition) is 2. The van der Waals surface area contributed by atoms with Crippen molar-refractivity contribution in [1.29, 1.82) is 0 Å². The van der Waals surface area contributed by atoms with Crippen molar-refractivity contribution >= 4 is 27.8 Å². The van der Waals surface area contributed by atoms with E-state index in [4.69, 9.17) is 14.6 Å². The Balaban J connectivity index is 1.82. The van der Waals surface area contributed by atoms with Gasteiger partial charge in [-0.05, 0) is 40.9 Å². The topological polar surface area (TPSA) is 84.9 Å². The minimum absolute atomic E-state index is 0.170. The van der Waals surface area contributed by atoms with E-state index in [-0.39, 0.29) is 12.3 Å². The number of halogens is 1. The molecule has 0 spiro atoms. The smallest absolute Gasteiger partial charge is 0.303 e. The van der Waals surface area contributed by atoms with Gasteiger partial charge in [-0.15, -0.1) is 0 Å². The molecule has 1 aromatic carbocycles. The van der Waals surface area contributed by atoms with Crippen molar-refractivity contribution in [3.63, 3.8) is 0 Å². The number of nitrogens with one attached hydrogen (secondary N) is 1. The highest BCUT2D eigenvalue weighted by Gasteiger charge is 2.18. The number of carboxylic acids is 1. The Bertz CT molecular complexity index is 561. The van der Waals surface area contributed by atoms with Crippen molar-refractivity contribution in [1.82, 2.24) is 5.32 Å². The second kappa shape index (κ2) is 8.03. The number of carbonyl (C=O) groups is 2. The first kappa shape index (κ1) is 16.6. The minimum atomic E-state index is -0.787. The summed E-state index contributed by atoms with van der Waals surface area (Å²) in [4.78, 5) is 22.5. The molecule has 2 N–H and O–H groups in total. The second-order valence-corrected chi connectivity index (χ2v) is 5.80. The van der Waals surface area contributed by atoms with Crippen LogP contribution in [0.3, 0.4) is 0 Å². The van der Waals surface area contributed by atoms with Gasteiger partial charge in [0.1, 0.15) is 13.2 Å². The van der Waals surface area contributed by atoms with Crippen molar-refractivity contribution in [3.8, 4) is 11.5 Å². The van der Waals surface area contributed by atoms with Crippen molar-refractivity contribution in [2.75, 3.05) is 19.8 Å².